The zero-order valence-electron chi connectivity index (χ0n) is 10.3. The van der Waals surface area contributed by atoms with Gasteiger partial charge in [0, 0.05) is 0 Å². The van der Waals surface area contributed by atoms with E-state index in [1.54, 1.807) is 0 Å². The second-order valence-electron chi connectivity index (χ2n) is 7.24. The van der Waals surface area contributed by atoms with Crippen molar-refractivity contribution in [2.24, 2.45) is 22.7 Å². The third-order valence-corrected chi connectivity index (χ3v) is 6.19. The molecule has 0 aromatic heterocycles. The highest BCUT2D eigenvalue weighted by Crippen LogP contribution is 2.71. The molecule has 0 amide bonds. The van der Waals surface area contributed by atoms with E-state index in [0.29, 0.717) is 16.7 Å². The minimum absolute atomic E-state index is 0.372. The third-order valence-electron chi connectivity index (χ3n) is 6.19. The molecule has 2 bridgehead atoms. The van der Waals surface area contributed by atoms with Crippen LogP contribution in [0.1, 0.15) is 59.3 Å². The summed E-state index contributed by atoms with van der Waals surface area (Å²) in [6.07, 6.45) is 7.91. The predicted molar refractivity (Wildman–Crippen MR) is 61.5 cm³/mol. The van der Waals surface area contributed by atoms with Gasteiger partial charge in [0.15, 0.2) is 0 Å². The summed E-state index contributed by atoms with van der Waals surface area (Å²) in [7, 11) is 0. The minimum atomic E-state index is -0.390. The number of fused-ring (bicyclic) bond motifs is 1. The zero-order chi connectivity index (χ0) is 10.9. The molecule has 1 unspecified atom stereocenters. The molecule has 1 nitrogen and oxygen atoms in total. The molecule has 15 heavy (non-hydrogen) atoms. The van der Waals surface area contributed by atoms with Gasteiger partial charge >= 0.3 is 0 Å². The van der Waals surface area contributed by atoms with Crippen molar-refractivity contribution >= 4 is 0 Å². The van der Waals surface area contributed by atoms with Gasteiger partial charge in [-0.3, -0.25) is 0 Å². The van der Waals surface area contributed by atoms with Gasteiger partial charge in [-0.25, -0.2) is 0 Å². The number of aliphatic hydroxyl groups is 1. The monoisotopic (exact) mass is 208 g/mol. The first-order valence-corrected chi connectivity index (χ1v) is 6.61. The van der Waals surface area contributed by atoms with Gasteiger partial charge in [-0.15, -0.1) is 0 Å². The van der Waals surface area contributed by atoms with Crippen molar-refractivity contribution < 1.29 is 5.11 Å². The molecule has 4 atom stereocenters. The Morgan fingerprint density at radius 1 is 1.00 bits per heavy atom. The van der Waals surface area contributed by atoms with Crippen LogP contribution in [-0.2, 0) is 0 Å². The van der Waals surface area contributed by atoms with Crippen molar-refractivity contribution in [2.75, 3.05) is 0 Å². The van der Waals surface area contributed by atoms with Crippen molar-refractivity contribution in [1.29, 1.82) is 0 Å². The Labute approximate surface area is 93.3 Å². The highest BCUT2D eigenvalue weighted by atomic mass is 16.3. The fourth-order valence-electron chi connectivity index (χ4n) is 5.56. The molecule has 3 saturated carbocycles. The lowest BCUT2D eigenvalue weighted by molar-refractivity contribution is -0.0672. The highest BCUT2D eigenvalue weighted by molar-refractivity contribution is 5.15. The van der Waals surface area contributed by atoms with Crippen LogP contribution in [0.2, 0.25) is 0 Å². The maximum Gasteiger partial charge on any atom is 0.0653 e. The smallest absolute Gasteiger partial charge is 0.0653 e. The average molecular weight is 208 g/mol. The lowest BCUT2D eigenvalue weighted by Gasteiger charge is -2.42. The first kappa shape index (κ1) is 10.1. The molecule has 86 valence electrons. The van der Waals surface area contributed by atoms with Crippen molar-refractivity contribution in [3.63, 3.8) is 0 Å². The fourth-order valence-corrected chi connectivity index (χ4v) is 5.56. The van der Waals surface area contributed by atoms with E-state index in [2.05, 4.69) is 20.8 Å². The fraction of sp³-hybridized carbons (Fsp3) is 1.00. The molecule has 0 heterocycles. The van der Waals surface area contributed by atoms with Crippen LogP contribution >= 0.6 is 0 Å². The standard InChI is InChI=1S/C14H24O/c1-12(2)10-5-4-6-14(10)8-7-13(3,15)11(12)9-14/h10-11,15H,4-9H2,1-3H3/t10?,11-,13+,14-/m0/s1. The number of rotatable bonds is 0. The SMILES string of the molecule is CC1(C)C2CCC[C@@]23CC[C@@](C)(O)[C@H]1C3. The van der Waals surface area contributed by atoms with Gasteiger partial charge in [-0.1, -0.05) is 20.3 Å². The molecule has 3 aliphatic carbocycles. The van der Waals surface area contributed by atoms with E-state index in [1.807, 2.05) is 0 Å². The normalized spacial score (nSPS) is 56.8. The minimum Gasteiger partial charge on any atom is -0.390 e. The van der Waals surface area contributed by atoms with Crippen molar-refractivity contribution in [1.82, 2.24) is 0 Å². The van der Waals surface area contributed by atoms with Crippen molar-refractivity contribution in [3.05, 3.63) is 0 Å². The van der Waals surface area contributed by atoms with Crippen LogP contribution in [0.5, 0.6) is 0 Å². The van der Waals surface area contributed by atoms with E-state index in [-0.39, 0.29) is 5.60 Å². The Balaban J connectivity index is 2.05. The van der Waals surface area contributed by atoms with Gasteiger partial charge in [0.25, 0.3) is 0 Å². The van der Waals surface area contributed by atoms with E-state index in [1.165, 1.54) is 32.1 Å². The largest absolute Gasteiger partial charge is 0.390 e. The van der Waals surface area contributed by atoms with Crippen LogP contribution in [-0.4, -0.2) is 10.7 Å². The first-order valence-electron chi connectivity index (χ1n) is 6.61. The van der Waals surface area contributed by atoms with Crippen LogP contribution in [0.3, 0.4) is 0 Å². The lowest BCUT2D eigenvalue weighted by Crippen LogP contribution is -2.43. The van der Waals surface area contributed by atoms with Gasteiger partial charge in [0.1, 0.15) is 0 Å². The summed E-state index contributed by atoms with van der Waals surface area (Å²) in [5.74, 6) is 1.44. The maximum atomic E-state index is 10.5. The van der Waals surface area contributed by atoms with E-state index >= 15 is 0 Å². The molecule has 0 saturated heterocycles. The molecule has 0 aromatic rings. The Hall–Kier alpha value is -0.0400. The second-order valence-corrected chi connectivity index (χ2v) is 7.24. The van der Waals surface area contributed by atoms with Gasteiger partial charge in [-0.2, -0.15) is 0 Å². The first-order chi connectivity index (χ1) is 6.89. The van der Waals surface area contributed by atoms with Crippen LogP contribution in [0, 0.1) is 22.7 Å². The lowest BCUT2D eigenvalue weighted by atomic mass is 9.66. The second kappa shape index (κ2) is 2.61. The molecule has 0 aliphatic heterocycles. The molecule has 3 fully saturated rings. The molecule has 3 aliphatic rings. The molecule has 3 rings (SSSR count). The molecule has 1 heteroatoms. The van der Waals surface area contributed by atoms with Gasteiger partial charge in [-0.05, 0) is 61.7 Å². The van der Waals surface area contributed by atoms with Crippen LogP contribution in [0.25, 0.3) is 0 Å². The Morgan fingerprint density at radius 2 is 1.73 bits per heavy atom. The summed E-state index contributed by atoms with van der Waals surface area (Å²) >= 11 is 0. The Bertz CT molecular complexity index is 292. The van der Waals surface area contributed by atoms with Gasteiger partial charge in [0.05, 0.1) is 5.60 Å². The molecular formula is C14H24O. The van der Waals surface area contributed by atoms with Crippen LogP contribution in [0.15, 0.2) is 0 Å². The van der Waals surface area contributed by atoms with Gasteiger partial charge in [0.2, 0.25) is 0 Å². The maximum absolute atomic E-state index is 10.5. The van der Waals surface area contributed by atoms with E-state index in [0.717, 1.165) is 12.3 Å². The van der Waals surface area contributed by atoms with Crippen LogP contribution in [0.4, 0.5) is 0 Å². The van der Waals surface area contributed by atoms with Crippen molar-refractivity contribution in [3.8, 4) is 0 Å². The Morgan fingerprint density at radius 3 is 2.47 bits per heavy atom. The molecule has 0 radical (unpaired) electrons. The molecule has 1 N–H and O–H groups in total. The Kier molecular flexibility index (Phi) is 1.77. The number of hydrogen-bond acceptors (Lipinski definition) is 1. The van der Waals surface area contributed by atoms with E-state index in [9.17, 15) is 5.11 Å². The summed E-state index contributed by atoms with van der Waals surface area (Å²) in [6.45, 7) is 6.90. The van der Waals surface area contributed by atoms with Crippen molar-refractivity contribution in [2.45, 2.75) is 64.9 Å². The summed E-state index contributed by atoms with van der Waals surface area (Å²) < 4.78 is 0. The summed E-state index contributed by atoms with van der Waals surface area (Å²) in [4.78, 5) is 0. The van der Waals surface area contributed by atoms with E-state index < -0.39 is 0 Å². The topological polar surface area (TPSA) is 20.2 Å². The molecular weight excluding hydrogens is 184 g/mol. The van der Waals surface area contributed by atoms with E-state index in [4.69, 9.17) is 0 Å². The third kappa shape index (κ3) is 1.08. The van der Waals surface area contributed by atoms with Gasteiger partial charge < -0.3 is 5.11 Å². The summed E-state index contributed by atoms with van der Waals surface area (Å²) in [6, 6.07) is 0. The quantitative estimate of drug-likeness (QED) is 0.647. The predicted octanol–water partition coefficient (Wildman–Crippen LogP) is 3.36. The highest BCUT2D eigenvalue weighted by Gasteiger charge is 2.65. The van der Waals surface area contributed by atoms with Crippen LogP contribution < -0.4 is 0 Å². The number of hydrogen-bond donors (Lipinski definition) is 1. The average Bonchev–Trinajstić information content (AvgIpc) is 2.60. The zero-order valence-corrected chi connectivity index (χ0v) is 10.3. The molecule has 0 aromatic carbocycles. The summed E-state index contributed by atoms with van der Waals surface area (Å²) in [5, 5.41) is 10.5. The molecule has 1 spiro atoms. The summed E-state index contributed by atoms with van der Waals surface area (Å²) in [5.41, 5.74) is 0.617.